The van der Waals surface area contributed by atoms with E-state index < -0.39 is 11.2 Å². The highest BCUT2D eigenvalue weighted by Crippen LogP contribution is 2.34. The highest BCUT2D eigenvalue weighted by Gasteiger charge is 2.22. The fraction of sp³-hybridized carbons (Fsp3) is 0.263. The topological polar surface area (TPSA) is 85.6 Å². The van der Waals surface area contributed by atoms with Crippen LogP contribution in [0.1, 0.15) is 30.9 Å². The van der Waals surface area contributed by atoms with E-state index in [1.165, 1.54) is 10.6 Å². The Hall–Kier alpha value is -2.64. The van der Waals surface area contributed by atoms with Gasteiger partial charge in [-0.1, -0.05) is 37.0 Å². The summed E-state index contributed by atoms with van der Waals surface area (Å²) in [5.74, 6) is 0.0592. The van der Waals surface area contributed by atoms with Crippen LogP contribution in [0.5, 0.6) is 0 Å². The number of nitrogens with one attached hydrogen (secondary N) is 1. The van der Waals surface area contributed by atoms with Crippen molar-refractivity contribution >= 4 is 45.3 Å². The van der Waals surface area contributed by atoms with Gasteiger partial charge in [-0.15, -0.1) is 0 Å². The van der Waals surface area contributed by atoms with Gasteiger partial charge in [0.15, 0.2) is 5.65 Å². The fourth-order valence-corrected chi connectivity index (χ4v) is 3.86. The van der Waals surface area contributed by atoms with Gasteiger partial charge in [-0.2, -0.15) is 0 Å². The third kappa shape index (κ3) is 2.65. The maximum atomic E-state index is 12.9. The molecular weight excluding hydrogens is 401 g/mol. The van der Waals surface area contributed by atoms with Crippen molar-refractivity contribution in [2.75, 3.05) is 0 Å². The summed E-state index contributed by atoms with van der Waals surface area (Å²) in [7, 11) is 1.92. The van der Waals surface area contributed by atoms with Gasteiger partial charge in [0.1, 0.15) is 5.15 Å². The van der Waals surface area contributed by atoms with Crippen LogP contribution in [0.4, 0.5) is 0 Å². The molecule has 4 rings (SSSR count). The number of halogens is 2. The first-order valence-electron chi connectivity index (χ1n) is 8.66. The summed E-state index contributed by atoms with van der Waals surface area (Å²) < 4.78 is 3.32. The van der Waals surface area contributed by atoms with Crippen molar-refractivity contribution in [1.29, 1.82) is 0 Å². The lowest BCUT2D eigenvalue weighted by atomic mass is 9.96. The van der Waals surface area contributed by atoms with E-state index in [1.807, 2.05) is 38.5 Å². The molecule has 0 aliphatic rings. The summed E-state index contributed by atoms with van der Waals surface area (Å²) in [5, 5.41) is 0.352. The number of hydrogen-bond acceptors (Lipinski definition) is 4. The standard InChI is InChI=1S/C19H17Cl2N5O2/c1-8(2)13-14-12(25(4)7-22-14)5-9(3)15(13)26-17-10(18(27)24-19(26)28)6-11(20)16(21)23-17/h5-8H,1-4H3,(H,24,27,28). The zero-order valence-corrected chi connectivity index (χ0v) is 17.2. The smallest absolute Gasteiger partial charge is 0.334 e. The van der Waals surface area contributed by atoms with Crippen LogP contribution in [0, 0.1) is 6.92 Å². The summed E-state index contributed by atoms with van der Waals surface area (Å²) in [6, 6.07) is 3.38. The van der Waals surface area contributed by atoms with Gasteiger partial charge in [0, 0.05) is 12.6 Å². The normalized spacial score (nSPS) is 11.8. The first-order chi connectivity index (χ1) is 13.2. The number of imidazole rings is 1. The van der Waals surface area contributed by atoms with Crippen LogP contribution < -0.4 is 11.2 Å². The molecular formula is C19H17Cl2N5O2. The Morgan fingerprint density at radius 1 is 1.18 bits per heavy atom. The van der Waals surface area contributed by atoms with Crippen molar-refractivity contribution < 1.29 is 0 Å². The number of fused-ring (bicyclic) bond motifs is 2. The second-order valence-electron chi connectivity index (χ2n) is 7.06. The first-order valence-corrected chi connectivity index (χ1v) is 9.42. The van der Waals surface area contributed by atoms with Gasteiger partial charge >= 0.3 is 5.69 Å². The number of pyridine rings is 1. The Labute approximate surface area is 169 Å². The molecule has 144 valence electrons. The summed E-state index contributed by atoms with van der Waals surface area (Å²) in [5.41, 5.74) is 3.13. The van der Waals surface area contributed by atoms with Gasteiger partial charge in [0.25, 0.3) is 5.56 Å². The van der Waals surface area contributed by atoms with E-state index >= 15 is 0 Å². The quantitative estimate of drug-likeness (QED) is 0.503. The molecule has 4 aromatic rings. The van der Waals surface area contributed by atoms with Crippen molar-refractivity contribution in [3.8, 4) is 5.69 Å². The Morgan fingerprint density at radius 2 is 1.89 bits per heavy atom. The predicted molar refractivity (Wildman–Crippen MR) is 111 cm³/mol. The maximum Gasteiger partial charge on any atom is 0.334 e. The highest BCUT2D eigenvalue weighted by atomic mass is 35.5. The van der Waals surface area contributed by atoms with E-state index in [0.29, 0.717) is 5.69 Å². The van der Waals surface area contributed by atoms with E-state index in [1.54, 1.807) is 6.33 Å². The van der Waals surface area contributed by atoms with Crippen LogP contribution in [0.2, 0.25) is 10.2 Å². The van der Waals surface area contributed by atoms with Gasteiger partial charge in [-0.05, 0) is 30.5 Å². The van der Waals surface area contributed by atoms with Crippen LogP contribution in [0.3, 0.4) is 0 Å². The molecule has 7 nitrogen and oxygen atoms in total. The molecule has 0 aliphatic heterocycles. The van der Waals surface area contributed by atoms with Crippen LogP contribution in [-0.4, -0.2) is 24.1 Å². The van der Waals surface area contributed by atoms with Crippen LogP contribution in [0.15, 0.2) is 28.0 Å². The average molecular weight is 418 g/mol. The number of H-pyrrole nitrogens is 1. The number of benzene rings is 1. The minimum atomic E-state index is -0.594. The van der Waals surface area contributed by atoms with E-state index in [-0.39, 0.29) is 27.1 Å². The molecule has 1 aromatic carbocycles. The summed E-state index contributed by atoms with van der Waals surface area (Å²) in [6.07, 6.45) is 1.74. The molecule has 0 amide bonds. The van der Waals surface area contributed by atoms with Gasteiger partial charge in [0.05, 0.1) is 33.5 Å². The monoisotopic (exact) mass is 417 g/mol. The third-order valence-electron chi connectivity index (χ3n) is 4.81. The maximum absolute atomic E-state index is 12.9. The molecule has 0 saturated heterocycles. The number of aromatic nitrogens is 5. The molecule has 0 fully saturated rings. The van der Waals surface area contributed by atoms with Gasteiger partial charge in [0.2, 0.25) is 0 Å². The van der Waals surface area contributed by atoms with Crippen molar-refractivity contribution in [3.63, 3.8) is 0 Å². The number of aryl methyl sites for hydroxylation is 2. The van der Waals surface area contributed by atoms with Crippen molar-refractivity contribution in [2.45, 2.75) is 26.7 Å². The number of rotatable bonds is 2. The highest BCUT2D eigenvalue weighted by molar-refractivity contribution is 6.41. The molecule has 0 atom stereocenters. The minimum absolute atomic E-state index is 0.0237. The second kappa shape index (κ2) is 6.46. The predicted octanol–water partition coefficient (Wildman–Crippen LogP) is 3.70. The van der Waals surface area contributed by atoms with E-state index in [9.17, 15) is 9.59 Å². The summed E-state index contributed by atoms with van der Waals surface area (Å²) in [4.78, 5) is 36.4. The van der Waals surface area contributed by atoms with Gasteiger partial charge < -0.3 is 4.57 Å². The Balaban J connectivity index is 2.27. The lowest BCUT2D eigenvalue weighted by Crippen LogP contribution is -2.31. The molecule has 0 unspecified atom stereocenters. The molecule has 0 aliphatic carbocycles. The molecule has 0 bridgehead atoms. The minimum Gasteiger partial charge on any atom is -0.334 e. The van der Waals surface area contributed by atoms with Gasteiger partial charge in [-0.3, -0.25) is 9.78 Å². The molecule has 0 radical (unpaired) electrons. The number of aromatic amines is 1. The molecule has 3 aromatic heterocycles. The van der Waals surface area contributed by atoms with E-state index in [4.69, 9.17) is 23.2 Å². The Bertz CT molecular complexity index is 1380. The summed E-state index contributed by atoms with van der Waals surface area (Å²) >= 11 is 12.2. The SMILES string of the molecule is Cc1cc2c(ncn2C)c(C(C)C)c1-n1c(=O)[nH]c(=O)c2cc(Cl)c(Cl)nc21. The van der Waals surface area contributed by atoms with Crippen molar-refractivity contribution in [1.82, 2.24) is 24.1 Å². The van der Waals surface area contributed by atoms with Gasteiger partial charge in [-0.25, -0.2) is 19.3 Å². The van der Waals surface area contributed by atoms with Crippen LogP contribution >= 0.6 is 23.2 Å². The van der Waals surface area contributed by atoms with E-state index in [2.05, 4.69) is 15.0 Å². The van der Waals surface area contributed by atoms with Crippen molar-refractivity contribution in [2.24, 2.45) is 7.05 Å². The molecule has 9 heteroatoms. The second-order valence-corrected chi connectivity index (χ2v) is 7.83. The summed E-state index contributed by atoms with van der Waals surface area (Å²) in [6.45, 7) is 5.97. The van der Waals surface area contributed by atoms with Crippen molar-refractivity contribution in [3.05, 3.63) is 60.6 Å². The molecule has 28 heavy (non-hydrogen) atoms. The molecule has 0 spiro atoms. The average Bonchev–Trinajstić information content (AvgIpc) is 2.97. The molecule has 3 heterocycles. The first kappa shape index (κ1) is 18.7. The third-order valence-corrected chi connectivity index (χ3v) is 5.49. The largest absolute Gasteiger partial charge is 0.334 e. The zero-order chi connectivity index (χ0) is 20.3. The van der Waals surface area contributed by atoms with Crippen LogP contribution in [0.25, 0.3) is 27.8 Å². The van der Waals surface area contributed by atoms with Crippen LogP contribution in [-0.2, 0) is 7.05 Å². The Kier molecular flexibility index (Phi) is 4.32. The lowest BCUT2D eigenvalue weighted by Gasteiger charge is -2.19. The zero-order valence-electron chi connectivity index (χ0n) is 15.7. The lowest BCUT2D eigenvalue weighted by molar-refractivity contribution is 0.833. The molecule has 1 N–H and O–H groups in total. The Morgan fingerprint density at radius 3 is 2.57 bits per heavy atom. The number of hydrogen-bond donors (Lipinski definition) is 1. The molecule has 0 saturated carbocycles. The fourth-order valence-electron chi connectivity index (χ4n) is 3.58. The van der Waals surface area contributed by atoms with E-state index in [0.717, 1.165) is 22.2 Å². The number of nitrogens with zero attached hydrogens (tertiary/aromatic N) is 4.